The van der Waals surface area contributed by atoms with Crippen molar-refractivity contribution in [1.82, 2.24) is 4.90 Å². The van der Waals surface area contributed by atoms with Crippen LogP contribution < -0.4 is 5.73 Å². The molecule has 15 heavy (non-hydrogen) atoms. The van der Waals surface area contributed by atoms with Crippen LogP contribution in [0.5, 0.6) is 0 Å². The van der Waals surface area contributed by atoms with E-state index in [4.69, 9.17) is 5.73 Å². The largest absolute Gasteiger partial charge is 0.406 e. The summed E-state index contributed by atoms with van der Waals surface area (Å²) in [6, 6.07) is -0.432. The molecular weight excluding hydrogens is 209 g/mol. The zero-order chi connectivity index (χ0) is 11.2. The first-order valence-electron chi connectivity index (χ1n) is 5.01. The van der Waals surface area contributed by atoms with E-state index in [-0.39, 0.29) is 18.0 Å². The molecule has 0 aromatic carbocycles. The minimum Gasteiger partial charge on any atom is -0.330 e. The van der Waals surface area contributed by atoms with Crippen molar-refractivity contribution in [2.24, 2.45) is 11.7 Å². The molecule has 86 valence electrons. The highest BCUT2D eigenvalue weighted by atomic mass is 19.4. The summed E-state index contributed by atoms with van der Waals surface area (Å²) in [5.74, 6) is -0.782. The number of hydrogen-bond donors (Lipinski definition) is 1. The molecule has 0 bridgehead atoms. The SMILES string of the molecule is NC1CC1C(=O)N(CC(F)(F)F)C1CC1. The maximum atomic E-state index is 12.2. The number of nitrogens with two attached hydrogens (primary N) is 1. The molecule has 0 radical (unpaired) electrons. The summed E-state index contributed by atoms with van der Waals surface area (Å²) in [5, 5.41) is 0. The molecule has 1 amide bonds. The maximum absolute atomic E-state index is 12.2. The van der Waals surface area contributed by atoms with Crippen LogP contribution in [0.2, 0.25) is 0 Å². The van der Waals surface area contributed by atoms with Crippen LogP contribution in [-0.4, -0.2) is 35.6 Å². The van der Waals surface area contributed by atoms with Crippen LogP contribution in [0.1, 0.15) is 19.3 Å². The molecular formula is C9H13F3N2O. The Labute approximate surface area is 85.4 Å². The lowest BCUT2D eigenvalue weighted by molar-refractivity contribution is -0.163. The molecule has 2 atom stereocenters. The fourth-order valence-corrected chi connectivity index (χ4v) is 1.68. The van der Waals surface area contributed by atoms with Crippen molar-refractivity contribution in [3.05, 3.63) is 0 Å². The van der Waals surface area contributed by atoms with Crippen LogP contribution in [0.15, 0.2) is 0 Å². The Morgan fingerprint density at radius 3 is 2.27 bits per heavy atom. The zero-order valence-corrected chi connectivity index (χ0v) is 8.13. The third-order valence-electron chi connectivity index (χ3n) is 2.78. The van der Waals surface area contributed by atoms with Gasteiger partial charge < -0.3 is 10.6 Å². The van der Waals surface area contributed by atoms with E-state index in [0.29, 0.717) is 19.3 Å². The second-order valence-corrected chi connectivity index (χ2v) is 4.32. The number of nitrogens with zero attached hydrogens (tertiary/aromatic N) is 1. The number of amides is 1. The molecule has 2 unspecified atom stereocenters. The number of carbonyl (C=O) groups excluding carboxylic acids is 1. The van der Waals surface area contributed by atoms with Gasteiger partial charge in [-0.1, -0.05) is 0 Å². The van der Waals surface area contributed by atoms with Gasteiger partial charge in [-0.25, -0.2) is 0 Å². The maximum Gasteiger partial charge on any atom is 0.406 e. The van der Waals surface area contributed by atoms with Crippen molar-refractivity contribution >= 4 is 5.91 Å². The second kappa shape index (κ2) is 3.37. The Morgan fingerprint density at radius 1 is 1.40 bits per heavy atom. The second-order valence-electron chi connectivity index (χ2n) is 4.32. The summed E-state index contributed by atoms with van der Waals surface area (Å²) in [7, 11) is 0. The quantitative estimate of drug-likeness (QED) is 0.770. The van der Waals surface area contributed by atoms with Gasteiger partial charge in [0.05, 0.1) is 5.92 Å². The summed E-state index contributed by atoms with van der Waals surface area (Å²) in [4.78, 5) is 12.6. The number of carbonyl (C=O) groups is 1. The monoisotopic (exact) mass is 222 g/mol. The van der Waals surface area contributed by atoms with Crippen molar-refractivity contribution < 1.29 is 18.0 Å². The molecule has 3 nitrogen and oxygen atoms in total. The van der Waals surface area contributed by atoms with E-state index in [1.165, 1.54) is 0 Å². The average Bonchev–Trinajstić information content (AvgIpc) is 2.91. The van der Waals surface area contributed by atoms with E-state index in [2.05, 4.69) is 0 Å². The van der Waals surface area contributed by atoms with Crippen molar-refractivity contribution in [3.8, 4) is 0 Å². The Bertz CT molecular complexity index is 275. The van der Waals surface area contributed by atoms with Gasteiger partial charge in [0, 0.05) is 12.1 Å². The molecule has 2 fully saturated rings. The van der Waals surface area contributed by atoms with Crippen molar-refractivity contribution in [3.63, 3.8) is 0 Å². The molecule has 0 aromatic heterocycles. The normalized spacial score (nSPS) is 30.1. The first kappa shape index (κ1) is 10.7. The van der Waals surface area contributed by atoms with Crippen LogP contribution in [0, 0.1) is 5.92 Å². The first-order valence-corrected chi connectivity index (χ1v) is 5.01. The van der Waals surface area contributed by atoms with E-state index in [1.54, 1.807) is 0 Å². The fourth-order valence-electron chi connectivity index (χ4n) is 1.68. The number of hydrogen-bond acceptors (Lipinski definition) is 2. The lowest BCUT2D eigenvalue weighted by atomic mass is 10.3. The molecule has 2 saturated carbocycles. The summed E-state index contributed by atoms with van der Waals surface area (Å²) in [6.07, 6.45) is -2.41. The molecule has 0 heterocycles. The summed E-state index contributed by atoms with van der Waals surface area (Å²) >= 11 is 0. The van der Waals surface area contributed by atoms with Gasteiger partial charge in [0.1, 0.15) is 6.54 Å². The summed E-state index contributed by atoms with van der Waals surface area (Å²) < 4.78 is 36.6. The van der Waals surface area contributed by atoms with Crippen LogP contribution in [0.3, 0.4) is 0 Å². The topological polar surface area (TPSA) is 46.3 Å². The standard InChI is InChI=1S/C9H13F3N2O/c10-9(11,12)4-14(5-1-2-5)8(15)6-3-7(6)13/h5-7H,1-4,13H2. The Hall–Kier alpha value is -0.780. The molecule has 0 spiro atoms. The minimum atomic E-state index is -4.31. The number of alkyl halides is 3. The van der Waals surface area contributed by atoms with Gasteiger partial charge in [-0.3, -0.25) is 4.79 Å². The summed E-state index contributed by atoms with van der Waals surface area (Å²) in [6.45, 7) is -1.13. The molecule has 2 aliphatic rings. The number of halogens is 3. The highest BCUT2D eigenvalue weighted by molar-refractivity contribution is 5.83. The first-order chi connectivity index (χ1) is 6.88. The van der Waals surface area contributed by atoms with Crippen molar-refractivity contribution in [2.45, 2.75) is 37.5 Å². The Balaban J connectivity index is 1.97. The lowest BCUT2D eigenvalue weighted by Gasteiger charge is -2.23. The highest BCUT2D eigenvalue weighted by Gasteiger charge is 2.48. The molecule has 6 heteroatoms. The molecule has 2 rings (SSSR count). The Kier molecular flexibility index (Phi) is 2.41. The van der Waals surface area contributed by atoms with E-state index in [0.717, 1.165) is 4.90 Å². The molecule has 2 N–H and O–H groups in total. The van der Waals surface area contributed by atoms with E-state index >= 15 is 0 Å². The van der Waals surface area contributed by atoms with E-state index in [1.807, 2.05) is 0 Å². The Morgan fingerprint density at radius 2 is 1.93 bits per heavy atom. The average molecular weight is 222 g/mol. The lowest BCUT2D eigenvalue weighted by Crippen LogP contribution is -2.42. The van der Waals surface area contributed by atoms with E-state index in [9.17, 15) is 18.0 Å². The third kappa shape index (κ3) is 2.62. The molecule has 0 aromatic rings. The van der Waals surface area contributed by atoms with Gasteiger partial charge in [0.25, 0.3) is 0 Å². The molecule has 2 aliphatic carbocycles. The van der Waals surface area contributed by atoms with Gasteiger partial charge in [-0.2, -0.15) is 13.2 Å². The number of rotatable bonds is 3. The third-order valence-corrected chi connectivity index (χ3v) is 2.78. The summed E-state index contributed by atoms with van der Waals surface area (Å²) in [5.41, 5.74) is 5.46. The molecule has 0 saturated heterocycles. The zero-order valence-electron chi connectivity index (χ0n) is 8.13. The van der Waals surface area contributed by atoms with Crippen LogP contribution in [0.4, 0.5) is 13.2 Å². The smallest absolute Gasteiger partial charge is 0.330 e. The van der Waals surface area contributed by atoms with Gasteiger partial charge >= 0.3 is 6.18 Å². The minimum absolute atomic E-state index is 0.202. The van der Waals surface area contributed by atoms with Crippen LogP contribution >= 0.6 is 0 Å². The van der Waals surface area contributed by atoms with Gasteiger partial charge in [-0.15, -0.1) is 0 Å². The fraction of sp³-hybridized carbons (Fsp3) is 0.889. The molecule has 0 aliphatic heterocycles. The van der Waals surface area contributed by atoms with Crippen LogP contribution in [0.25, 0.3) is 0 Å². The van der Waals surface area contributed by atoms with Gasteiger partial charge in [0.15, 0.2) is 0 Å². The van der Waals surface area contributed by atoms with Crippen molar-refractivity contribution in [1.29, 1.82) is 0 Å². The highest BCUT2D eigenvalue weighted by Crippen LogP contribution is 2.36. The van der Waals surface area contributed by atoms with Gasteiger partial charge in [-0.05, 0) is 19.3 Å². The predicted octanol–water partition coefficient (Wildman–Crippen LogP) is 0.887. The van der Waals surface area contributed by atoms with E-state index < -0.39 is 18.6 Å². The predicted molar refractivity (Wildman–Crippen MR) is 46.9 cm³/mol. The van der Waals surface area contributed by atoms with Crippen molar-refractivity contribution in [2.75, 3.05) is 6.54 Å². The van der Waals surface area contributed by atoms with Gasteiger partial charge in [0.2, 0.25) is 5.91 Å². The van der Waals surface area contributed by atoms with Crippen LogP contribution in [-0.2, 0) is 4.79 Å².